The standard InChI is InChI=1S/C22H22FN5O3/c1-12-9-15(23)6-7-16(12)27-21(29)19-13(2)26-22-24-11-25-28(22)20(19)14-5-8-17(30-3)18(10-14)31-4/h5-11,20H,1-4H3,(H,27,29)(H,24,25,26). The van der Waals surface area contributed by atoms with Gasteiger partial charge in [-0.2, -0.15) is 10.1 Å². The fourth-order valence-corrected chi connectivity index (χ4v) is 3.67. The Bertz CT molecular complexity index is 1190. The van der Waals surface area contributed by atoms with Crippen molar-refractivity contribution in [2.75, 3.05) is 24.9 Å². The van der Waals surface area contributed by atoms with Gasteiger partial charge in [0.2, 0.25) is 5.95 Å². The van der Waals surface area contributed by atoms with Crippen molar-refractivity contribution in [3.8, 4) is 11.5 Å². The molecule has 3 aromatic rings. The zero-order valence-corrected chi connectivity index (χ0v) is 17.6. The molecule has 2 heterocycles. The Morgan fingerprint density at radius 3 is 2.61 bits per heavy atom. The first-order valence-corrected chi connectivity index (χ1v) is 9.59. The quantitative estimate of drug-likeness (QED) is 0.651. The molecule has 1 unspecified atom stereocenters. The third-order valence-corrected chi connectivity index (χ3v) is 5.20. The number of hydrogen-bond acceptors (Lipinski definition) is 6. The molecule has 0 saturated carbocycles. The van der Waals surface area contributed by atoms with Gasteiger partial charge in [-0.25, -0.2) is 9.07 Å². The maximum atomic E-state index is 13.5. The molecule has 0 radical (unpaired) electrons. The van der Waals surface area contributed by atoms with Gasteiger partial charge in [0.05, 0.1) is 19.8 Å². The molecule has 0 saturated heterocycles. The van der Waals surface area contributed by atoms with Crippen LogP contribution in [0.4, 0.5) is 16.0 Å². The van der Waals surface area contributed by atoms with Gasteiger partial charge in [-0.15, -0.1) is 0 Å². The minimum absolute atomic E-state index is 0.333. The second-order valence-corrected chi connectivity index (χ2v) is 7.12. The molecule has 0 aliphatic carbocycles. The summed E-state index contributed by atoms with van der Waals surface area (Å²) in [5, 5.41) is 10.3. The van der Waals surface area contributed by atoms with Crippen molar-refractivity contribution < 1.29 is 18.7 Å². The number of rotatable bonds is 5. The van der Waals surface area contributed by atoms with E-state index in [1.807, 2.05) is 12.1 Å². The molecular weight excluding hydrogens is 401 g/mol. The fourth-order valence-electron chi connectivity index (χ4n) is 3.67. The summed E-state index contributed by atoms with van der Waals surface area (Å²) in [5.74, 6) is 0.938. The predicted octanol–water partition coefficient (Wildman–Crippen LogP) is 3.67. The van der Waals surface area contributed by atoms with Gasteiger partial charge in [0.25, 0.3) is 5.91 Å². The van der Waals surface area contributed by atoms with Crippen LogP contribution in [-0.4, -0.2) is 34.9 Å². The molecule has 1 aliphatic rings. The van der Waals surface area contributed by atoms with Crippen LogP contribution in [0.1, 0.15) is 24.1 Å². The smallest absolute Gasteiger partial charge is 0.255 e. The number of carbonyl (C=O) groups is 1. The molecule has 31 heavy (non-hydrogen) atoms. The van der Waals surface area contributed by atoms with E-state index in [1.54, 1.807) is 44.9 Å². The Hall–Kier alpha value is -3.88. The SMILES string of the molecule is COc1ccc(C2C(C(=O)Nc3ccc(F)cc3C)=C(C)Nc3ncnn32)cc1OC. The van der Waals surface area contributed by atoms with Crippen LogP contribution in [0, 0.1) is 12.7 Å². The first kappa shape index (κ1) is 20.4. The maximum Gasteiger partial charge on any atom is 0.255 e. The highest BCUT2D eigenvalue weighted by Gasteiger charge is 2.34. The van der Waals surface area contributed by atoms with E-state index >= 15 is 0 Å². The van der Waals surface area contributed by atoms with Crippen LogP contribution in [0.15, 0.2) is 54.0 Å². The highest BCUT2D eigenvalue weighted by atomic mass is 19.1. The number of aromatic nitrogens is 3. The molecule has 9 heteroatoms. The Balaban J connectivity index is 1.78. The Kier molecular flexibility index (Phi) is 5.33. The normalized spacial score (nSPS) is 15.2. The monoisotopic (exact) mass is 423 g/mol. The maximum absolute atomic E-state index is 13.5. The van der Waals surface area contributed by atoms with Crippen molar-refractivity contribution in [2.24, 2.45) is 0 Å². The van der Waals surface area contributed by atoms with Crippen molar-refractivity contribution in [1.29, 1.82) is 0 Å². The number of benzene rings is 2. The highest BCUT2D eigenvalue weighted by molar-refractivity contribution is 6.06. The molecule has 1 atom stereocenters. The third kappa shape index (κ3) is 3.70. The summed E-state index contributed by atoms with van der Waals surface area (Å²) in [7, 11) is 3.11. The average molecular weight is 423 g/mol. The molecule has 0 spiro atoms. The molecule has 0 bridgehead atoms. The molecule has 1 aromatic heterocycles. The first-order valence-electron chi connectivity index (χ1n) is 9.59. The number of hydrogen-bond donors (Lipinski definition) is 2. The summed E-state index contributed by atoms with van der Waals surface area (Å²) in [6, 6.07) is 9.11. The van der Waals surface area contributed by atoms with Crippen molar-refractivity contribution in [2.45, 2.75) is 19.9 Å². The van der Waals surface area contributed by atoms with Crippen molar-refractivity contribution in [3.05, 3.63) is 70.9 Å². The number of fused-ring (bicyclic) bond motifs is 1. The first-order chi connectivity index (χ1) is 14.9. The lowest BCUT2D eigenvalue weighted by Crippen LogP contribution is -2.31. The van der Waals surface area contributed by atoms with Crippen LogP contribution in [0.2, 0.25) is 0 Å². The van der Waals surface area contributed by atoms with E-state index in [2.05, 4.69) is 20.7 Å². The number of halogens is 1. The number of nitrogens with zero attached hydrogens (tertiary/aromatic N) is 3. The van der Waals surface area contributed by atoms with E-state index in [0.29, 0.717) is 40.0 Å². The van der Waals surface area contributed by atoms with Gasteiger partial charge in [0.15, 0.2) is 11.5 Å². The van der Waals surface area contributed by atoms with Gasteiger partial charge in [-0.1, -0.05) is 6.07 Å². The number of amides is 1. The van der Waals surface area contributed by atoms with Crippen molar-refractivity contribution in [3.63, 3.8) is 0 Å². The van der Waals surface area contributed by atoms with Crippen LogP contribution < -0.4 is 20.1 Å². The predicted molar refractivity (Wildman–Crippen MR) is 114 cm³/mol. The largest absolute Gasteiger partial charge is 0.493 e. The van der Waals surface area contributed by atoms with Crippen LogP contribution in [0.5, 0.6) is 11.5 Å². The highest BCUT2D eigenvalue weighted by Crippen LogP contribution is 2.38. The number of allylic oxidation sites excluding steroid dienone is 1. The van der Waals surface area contributed by atoms with Gasteiger partial charge in [-0.3, -0.25) is 4.79 Å². The second kappa shape index (κ2) is 8.10. The van der Waals surface area contributed by atoms with E-state index in [9.17, 15) is 9.18 Å². The van der Waals surface area contributed by atoms with Crippen molar-refractivity contribution in [1.82, 2.24) is 14.8 Å². The summed E-state index contributed by atoms with van der Waals surface area (Å²) in [6.45, 7) is 3.54. The molecule has 1 aliphatic heterocycles. The third-order valence-electron chi connectivity index (χ3n) is 5.20. The molecule has 2 aromatic carbocycles. The van der Waals surface area contributed by atoms with Gasteiger partial charge in [0.1, 0.15) is 18.2 Å². The minimum atomic E-state index is -0.556. The number of ether oxygens (including phenoxy) is 2. The average Bonchev–Trinajstić information content (AvgIpc) is 3.22. The number of nitrogens with one attached hydrogen (secondary N) is 2. The summed E-state index contributed by atoms with van der Waals surface area (Å²) in [5.41, 5.74) is 3.01. The summed E-state index contributed by atoms with van der Waals surface area (Å²) in [4.78, 5) is 17.6. The lowest BCUT2D eigenvalue weighted by molar-refractivity contribution is -0.113. The summed E-state index contributed by atoms with van der Waals surface area (Å²) in [6.07, 6.45) is 1.42. The summed E-state index contributed by atoms with van der Waals surface area (Å²) >= 11 is 0. The van der Waals surface area contributed by atoms with E-state index in [0.717, 1.165) is 5.56 Å². The lowest BCUT2D eigenvalue weighted by Gasteiger charge is -2.29. The van der Waals surface area contributed by atoms with Crippen LogP contribution in [0.3, 0.4) is 0 Å². The fraction of sp³-hybridized carbons (Fsp3) is 0.227. The van der Waals surface area contributed by atoms with E-state index in [-0.39, 0.29) is 11.7 Å². The van der Waals surface area contributed by atoms with Gasteiger partial charge < -0.3 is 20.1 Å². The lowest BCUT2D eigenvalue weighted by atomic mass is 9.94. The molecule has 160 valence electrons. The molecule has 8 nitrogen and oxygen atoms in total. The number of methoxy groups -OCH3 is 2. The molecular formula is C22H22FN5O3. The van der Waals surface area contributed by atoms with Gasteiger partial charge in [-0.05, 0) is 55.3 Å². The summed E-state index contributed by atoms with van der Waals surface area (Å²) < 4.78 is 25.9. The minimum Gasteiger partial charge on any atom is -0.493 e. The molecule has 1 amide bonds. The second-order valence-electron chi connectivity index (χ2n) is 7.12. The van der Waals surface area contributed by atoms with Gasteiger partial charge >= 0.3 is 0 Å². The zero-order chi connectivity index (χ0) is 22.1. The van der Waals surface area contributed by atoms with E-state index in [1.165, 1.54) is 18.5 Å². The van der Waals surface area contributed by atoms with E-state index in [4.69, 9.17) is 9.47 Å². The van der Waals surface area contributed by atoms with Crippen LogP contribution in [-0.2, 0) is 4.79 Å². The number of carbonyl (C=O) groups excluding carboxylic acids is 1. The van der Waals surface area contributed by atoms with Crippen LogP contribution >= 0.6 is 0 Å². The topological polar surface area (TPSA) is 90.3 Å². The van der Waals surface area contributed by atoms with E-state index < -0.39 is 6.04 Å². The Morgan fingerprint density at radius 2 is 1.90 bits per heavy atom. The van der Waals surface area contributed by atoms with Crippen LogP contribution in [0.25, 0.3) is 0 Å². The number of anilines is 2. The Morgan fingerprint density at radius 1 is 1.13 bits per heavy atom. The molecule has 4 rings (SSSR count). The number of aryl methyl sites for hydroxylation is 1. The van der Waals surface area contributed by atoms with Crippen molar-refractivity contribution >= 4 is 17.5 Å². The Labute approximate surface area is 178 Å². The van der Waals surface area contributed by atoms with Gasteiger partial charge in [0, 0.05) is 11.4 Å². The zero-order valence-electron chi connectivity index (χ0n) is 17.6. The molecule has 2 N–H and O–H groups in total. The molecule has 0 fully saturated rings.